The van der Waals surface area contributed by atoms with E-state index in [1.54, 1.807) is 6.92 Å². The van der Waals surface area contributed by atoms with Crippen molar-refractivity contribution >= 4 is 48.4 Å². The highest BCUT2D eigenvalue weighted by Crippen LogP contribution is 2.32. The van der Waals surface area contributed by atoms with Crippen molar-refractivity contribution in [3.05, 3.63) is 51.8 Å². The van der Waals surface area contributed by atoms with Crippen molar-refractivity contribution < 1.29 is 26.7 Å². The van der Waals surface area contributed by atoms with Crippen LogP contribution in [0, 0.1) is 11.6 Å². The Morgan fingerprint density at radius 1 is 1.44 bits per heavy atom. The van der Waals surface area contributed by atoms with Gasteiger partial charge in [-0.25, -0.2) is 17.2 Å². The molecule has 6 nitrogen and oxygen atoms in total. The normalized spacial score (nSPS) is 12.4. The van der Waals surface area contributed by atoms with E-state index in [2.05, 4.69) is 32.2 Å². The molecule has 0 radical (unpaired) electrons. The Bertz CT molecular complexity index is 963. The number of ether oxygens (including phenoxy) is 1. The molecule has 1 atom stereocenters. The Balaban J connectivity index is 2.24. The number of thiazole rings is 1. The van der Waals surface area contributed by atoms with Gasteiger partial charge in [-0.05, 0) is 34.5 Å². The summed E-state index contributed by atoms with van der Waals surface area (Å²) >= 11 is 3.71. The molecule has 2 rings (SSSR count). The summed E-state index contributed by atoms with van der Waals surface area (Å²) in [4.78, 5) is 15.3. The van der Waals surface area contributed by atoms with Gasteiger partial charge in [0.25, 0.3) is 0 Å². The van der Waals surface area contributed by atoms with E-state index in [-0.39, 0.29) is 21.9 Å². The summed E-state index contributed by atoms with van der Waals surface area (Å²) in [6.45, 7) is 5.20. The second-order valence-corrected chi connectivity index (χ2v) is 8.82. The van der Waals surface area contributed by atoms with Crippen LogP contribution in [0.25, 0.3) is 0 Å². The first-order valence-electron chi connectivity index (χ1n) is 7.62. The summed E-state index contributed by atoms with van der Waals surface area (Å²) in [5.74, 6) is -2.26. The van der Waals surface area contributed by atoms with Gasteiger partial charge in [0.2, 0.25) is 15.9 Å². The zero-order chi connectivity index (χ0) is 20.2. The molecular formula is C16H15BrF2N2O4S2. The van der Waals surface area contributed by atoms with Crippen LogP contribution in [-0.2, 0) is 14.8 Å². The van der Waals surface area contributed by atoms with Gasteiger partial charge < -0.3 is 4.74 Å². The lowest BCUT2D eigenvalue weighted by atomic mass is 10.1. The Morgan fingerprint density at radius 2 is 2.15 bits per heavy atom. The van der Waals surface area contributed by atoms with Crippen LogP contribution in [0.2, 0.25) is 0 Å². The van der Waals surface area contributed by atoms with Crippen molar-refractivity contribution in [2.45, 2.75) is 25.0 Å². The molecule has 0 saturated heterocycles. The highest BCUT2D eigenvalue weighted by atomic mass is 79.9. The van der Waals surface area contributed by atoms with Gasteiger partial charge in [0.05, 0.1) is 9.85 Å². The van der Waals surface area contributed by atoms with E-state index in [4.69, 9.17) is 4.74 Å². The number of sulfonamides is 1. The standard InChI is InChI=1S/C16H15BrF2N2O4S2/c1-3-5-15(22)25-14-8-26-16(20-14)21-27(23,24)13(4-2)9-6-12(19)10(17)7-11(9)18/h4,6-8,13H,2-3,5H2,1H3,(H,20,21). The topological polar surface area (TPSA) is 85.4 Å². The zero-order valence-electron chi connectivity index (χ0n) is 14.0. The van der Waals surface area contributed by atoms with Crippen LogP contribution in [0.4, 0.5) is 13.9 Å². The highest BCUT2D eigenvalue weighted by Gasteiger charge is 2.29. The van der Waals surface area contributed by atoms with Crippen molar-refractivity contribution in [1.29, 1.82) is 0 Å². The van der Waals surface area contributed by atoms with Crippen LogP contribution in [0.1, 0.15) is 30.6 Å². The lowest BCUT2D eigenvalue weighted by molar-refractivity contribution is -0.134. The van der Waals surface area contributed by atoms with E-state index in [9.17, 15) is 22.0 Å². The van der Waals surface area contributed by atoms with Gasteiger partial charge >= 0.3 is 5.97 Å². The molecule has 1 heterocycles. The third-order valence-electron chi connectivity index (χ3n) is 3.28. The van der Waals surface area contributed by atoms with E-state index in [1.807, 2.05) is 0 Å². The minimum Gasteiger partial charge on any atom is -0.406 e. The van der Waals surface area contributed by atoms with Crippen LogP contribution in [0.3, 0.4) is 0 Å². The van der Waals surface area contributed by atoms with Crippen molar-refractivity contribution in [3.63, 3.8) is 0 Å². The van der Waals surface area contributed by atoms with Crippen molar-refractivity contribution in [2.75, 3.05) is 4.72 Å². The van der Waals surface area contributed by atoms with Gasteiger partial charge in [-0.1, -0.05) is 13.0 Å². The molecule has 0 amide bonds. The van der Waals surface area contributed by atoms with Crippen LogP contribution in [-0.4, -0.2) is 19.4 Å². The molecule has 0 fully saturated rings. The number of carbonyl (C=O) groups excluding carboxylic acids is 1. The molecule has 27 heavy (non-hydrogen) atoms. The Labute approximate surface area is 167 Å². The highest BCUT2D eigenvalue weighted by molar-refractivity contribution is 9.10. The van der Waals surface area contributed by atoms with Crippen LogP contribution in [0.15, 0.2) is 34.6 Å². The van der Waals surface area contributed by atoms with E-state index in [0.29, 0.717) is 6.42 Å². The fourth-order valence-electron chi connectivity index (χ4n) is 2.09. The number of nitrogens with one attached hydrogen (secondary N) is 1. The maximum absolute atomic E-state index is 14.1. The summed E-state index contributed by atoms with van der Waals surface area (Å²) < 4.78 is 60.1. The lowest BCUT2D eigenvalue weighted by Gasteiger charge is -2.15. The van der Waals surface area contributed by atoms with E-state index in [0.717, 1.165) is 29.5 Å². The van der Waals surface area contributed by atoms with Crippen LogP contribution in [0.5, 0.6) is 5.88 Å². The average Bonchev–Trinajstić information content (AvgIpc) is 2.98. The Morgan fingerprint density at radius 3 is 2.78 bits per heavy atom. The summed E-state index contributed by atoms with van der Waals surface area (Å²) in [5.41, 5.74) is -0.399. The Kier molecular flexibility index (Phi) is 7.06. The number of rotatable bonds is 8. The predicted octanol–water partition coefficient (Wildman–Crippen LogP) is 4.56. The summed E-state index contributed by atoms with van der Waals surface area (Å²) in [6, 6.07) is 1.62. The summed E-state index contributed by atoms with van der Waals surface area (Å²) in [7, 11) is -4.24. The number of nitrogens with zero attached hydrogens (tertiary/aromatic N) is 1. The van der Waals surface area contributed by atoms with Gasteiger partial charge in [0.1, 0.15) is 16.9 Å². The number of carbonyl (C=O) groups is 1. The molecule has 0 aliphatic heterocycles. The van der Waals surface area contributed by atoms with Gasteiger partial charge in [0.15, 0.2) is 5.13 Å². The van der Waals surface area contributed by atoms with Crippen LogP contribution < -0.4 is 9.46 Å². The van der Waals surface area contributed by atoms with Gasteiger partial charge in [-0.2, -0.15) is 4.98 Å². The summed E-state index contributed by atoms with van der Waals surface area (Å²) in [5, 5.41) is -0.289. The number of anilines is 1. The quantitative estimate of drug-likeness (QED) is 0.340. The second-order valence-electron chi connectivity index (χ2n) is 5.31. The second kappa shape index (κ2) is 8.89. The number of halogens is 3. The molecular weight excluding hydrogens is 466 g/mol. The number of esters is 1. The SMILES string of the molecule is C=CC(c1cc(F)c(Br)cc1F)S(=O)(=O)Nc1nc(OC(=O)CCC)cs1. The third-order valence-corrected chi connectivity index (χ3v) is 6.35. The molecule has 1 unspecified atom stereocenters. The monoisotopic (exact) mass is 480 g/mol. The molecule has 1 N–H and O–H groups in total. The average molecular weight is 481 g/mol. The molecule has 2 aromatic rings. The molecule has 0 bridgehead atoms. The molecule has 1 aromatic carbocycles. The fourth-order valence-corrected chi connectivity index (χ4v) is 4.58. The third kappa shape index (κ3) is 5.33. The van der Waals surface area contributed by atoms with E-state index >= 15 is 0 Å². The predicted molar refractivity (Wildman–Crippen MR) is 102 cm³/mol. The molecule has 0 aliphatic rings. The first-order valence-corrected chi connectivity index (χ1v) is 10.8. The number of benzene rings is 1. The largest absolute Gasteiger partial charge is 0.406 e. The van der Waals surface area contributed by atoms with Crippen molar-refractivity contribution in [1.82, 2.24) is 4.98 Å². The number of hydrogen-bond acceptors (Lipinski definition) is 6. The molecule has 0 aliphatic carbocycles. The van der Waals surface area contributed by atoms with Gasteiger partial charge in [-0.3, -0.25) is 9.52 Å². The van der Waals surface area contributed by atoms with E-state index < -0.39 is 38.4 Å². The minimum absolute atomic E-state index is 0.0489. The Hall–Kier alpha value is -1.85. The fraction of sp³-hybridized carbons (Fsp3) is 0.250. The van der Waals surface area contributed by atoms with Crippen molar-refractivity contribution in [3.8, 4) is 5.88 Å². The molecule has 146 valence electrons. The lowest BCUT2D eigenvalue weighted by Crippen LogP contribution is -2.21. The smallest absolute Gasteiger partial charge is 0.312 e. The minimum atomic E-state index is -4.24. The van der Waals surface area contributed by atoms with E-state index in [1.165, 1.54) is 5.38 Å². The van der Waals surface area contributed by atoms with Gasteiger partial charge in [-0.15, -0.1) is 17.9 Å². The maximum atomic E-state index is 14.1. The molecule has 0 spiro atoms. The maximum Gasteiger partial charge on any atom is 0.312 e. The first kappa shape index (κ1) is 21.5. The zero-order valence-corrected chi connectivity index (χ0v) is 17.3. The first-order chi connectivity index (χ1) is 12.7. The van der Waals surface area contributed by atoms with Crippen molar-refractivity contribution in [2.24, 2.45) is 0 Å². The molecule has 11 heteroatoms. The summed E-state index contributed by atoms with van der Waals surface area (Å²) in [6.07, 6.45) is 1.77. The number of aromatic nitrogens is 1. The molecule has 0 saturated carbocycles. The number of hydrogen-bond donors (Lipinski definition) is 1. The van der Waals surface area contributed by atoms with Crippen LogP contribution >= 0.6 is 27.3 Å². The van der Waals surface area contributed by atoms with Gasteiger partial charge in [0, 0.05) is 12.0 Å². The molecule has 1 aromatic heterocycles.